The van der Waals surface area contributed by atoms with Crippen LogP contribution in [0.15, 0.2) is 60.7 Å². The molecule has 1 N–H and O–H groups in total. The first-order chi connectivity index (χ1) is 10.1. The molecule has 0 aliphatic rings. The zero-order valence-electron chi connectivity index (χ0n) is 13.0. The molecule has 2 rings (SSSR count). The molecule has 2 nitrogen and oxygen atoms in total. The molecule has 0 bridgehead atoms. The van der Waals surface area contributed by atoms with Gasteiger partial charge in [0, 0.05) is 12.6 Å². The van der Waals surface area contributed by atoms with Crippen LogP contribution in [0.4, 0.5) is 0 Å². The molecule has 1 atom stereocenters. The molecule has 3 heteroatoms. The van der Waals surface area contributed by atoms with Gasteiger partial charge in [-0.05, 0) is 6.42 Å². The molecular formula is C18H23NOSi. The lowest BCUT2D eigenvalue weighted by molar-refractivity contribution is -0.119. The van der Waals surface area contributed by atoms with Crippen molar-refractivity contribution in [2.45, 2.75) is 32.5 Å². The minimum absolute atomic E-state index is 0.0486. The van der Waals surface area contributed by atoms with Crippen LogP contribution in [0, 0.1) is 0 Å². The Morgan fingerprint density at radius 2 is 1.43 bits per heavy atom. The average molecular weight is 297 g/mol. The van der Waals surface area contributed by atoms with E-state index in [-0.39, 0.29) is 11.6 Å². The van der Waals surface area contributed by atoms with Crippen LogP contribution in [0.1, 0.15) is 20.3 Å². The van der Waals surface area contributed by atoms with Gasteiger partial charge in [0.2, 0.25) is 5.91 Å². The van der Waals surface area contributed by atoms with E-state index in [0.29, 0.717) is 0 Å². The minimum Gasteiger partial charge on any atom is -0.355 e. The maximum absolute atomic E-state index is 11.6. The van der Waals surface area contributed by atoms with Crippen molar-refractivity contribution in [3.63, 3.8) is 0 Å². The maximum Gasteiger partial charge on any atom is 0.216 e. The Balaban J connectivity index is 2.56. The molecule has 0 heterocycles. The second-order valence-electron chi connectivity index (χ2n) is 5.60. The highest BCUT2D eigenvalue weighted by molar-refractivity contribution is 7.02. The summed E-state index contributed by atoms with van der Waals surface area (Å²) in [6, 6.07) is 21.2. The van der Waals surface area contributed by atoms with Crippen LogP contribution in [-0.2, 0) is 4.79 Å². The molecule has 1 unspecified atom stereocenters. The normalized spacial score (nSPS) is 12.7. The molecule has 0 spiro atoms. The second-order valence-corrected chi connectivity index (χ2v) is 9.85. The van der Waals surface area contributed by atoms with Crippen LogP contribution in [0.25, 0.3) is 0 Å². The highest BCUT2D eigenvalue weighted by atomic mass is 28.3. The molecule has 0 saturated carbocycles. The summed E-state index contributed by atoms with van der Waals surface area (Å²) in [4.78, 5) is 11.6. The fourth-order valence-electron chi connectivity index (χ4n) is 3.04. The van der Waals surface area contributed by atoms with Gasteiger partial charge >= 0.3 is 0 Å². The minimum atomic E-state index is -2.03. The Kier molecular flexibility index (Phi) is 4.97. The molecule has 1 amide bonds. The fourth-order valence-corrected chi connectivity index (χ4v) is 7.25. The first kappa shape index (κ1) is 15.5. The fraction of sp³-hybridized carbons (Fsp3) is 0.278. The van der Waals surface area contributed by atoms with Crippen molar-refractivity contribution < 1.29 is 4.79 Å². The third kappa shape index (κ3) is 3.24. The molecule has 0 aliphatic heterocycles. The Morgan fingerprint density at radius 3 is 1.76 bits per heavy atom. The Bertz CT molecular complexity index is 543. The monoisotopic (exact) mass is 297 g/mol. The van der Waals surface area contributed by atoms with Crippen molar-refractivity contribution in [2.24, 2.45) is 0 Å². The third-order valence-electron chi connectivity index (χ3n) is 4.23. The van der Waals surface area contributed by atoms with Crippen molar-refractivity contribution >= 4 is 24.4 Å². The summed E-state index contributed by atoms with van der Waals surface area (Å²) in [6.07, 6.45) is 0.937. The van der Waals surface area contributed by atoms with Crippen molar-refractivity contribution in [2.75, 3.05) is 0 Å². The Hall–Kier alpha value is -1.87. The van der Waals surface area contributed by atoms with Gasteiger partial charge in [-0.25, -0.2) is 0 Å². The summed E-state index contributed by atoms with van der Waals surface area (Å²) in [6.45, 7) is 6.10. The second kappa shape index (κ2) is 6.72. The average Bonchev–Trinajstić information content (AvgIpc) is 2.53. The number of carbonyl (C=O) groups is 1. The molecule has 2 aromatic carbocycles. The first-order valence-corrected chi connectivity index (χ1v) is 10.0. The van der Waals surface area contributed by atoms with Gasteiger partial charge in [0.15, 0.2) is 0 Å². The van der Waals surface area contributed by atoms with Crippen LogP contribution in [0.5, 0.6) is 0 Å². The number of amides is 1. The van der Waals surface area contributed by atoms with Crippen molar-refractivity contribution in [1.82, 2.24) is 5.32 Å². The summed E-state index contributed by atoms with van der Waals surface area (Å²) < 4.78 is 0. The number of hydrogen-bond donors (Lipinski definition) is 1. The van der Waals surface area contributed by atoms with Gasteiger partial charge in [-0.2, -0.15) is 0 Å². The van der Waals surface area contributed by atoms with E-state index in [4.69, 9.17) is 0 Å². The van der Waals surface area contributed by atoms with Crippen molar-refractivity contribution in [3.8, 4) is 0 Å². The zero-order chi connectivity index (χ0) is 15.3. The van der Waals surface area contributed by atoms with Crippen LogP contribution in [0.3, 0.4) is 0 Å². The van der Waals surface area contributed by atoms with Gasteiger partial charge in [0.05, 0.1) is 0 Å². The number of hydrogen-bond acceptors (Lipinski definition) is 1. The van der Waals surface area contributed by atoms with Crippen LogP contribution in [0.2, 0.25) is 6.55 Å². The largest absolute Gasteiger partial charge is 0.355 e. The maximum atomic E-state index is 11.6. The van der Waals surface area contributed by atoms with Gasteiger partial charge in [-0.15, -0.1) is 0 Å². The van der Waals surface area contributed by atoms with Crippen molar-refractivity contribution in [1.29, 1.82) is 0 Å². The van der Waals surface area contributed by atoms with E-state index < -0.39 is 8.07 Å². The third-order valence-corrected chi connectivity index (χ3v) is 9.24. The molecule has 0 aliphatic carbocycles. The highest BCUT2D eigenvalue weighted by Gasteiger charge is 2.39. The van der Waals surface area contributed by atoms with Gasteiger partial charge in [-0.1, -0.05) is 84.5 Å². The van der Waals surface area contributed by atoms with E-state index in [9.17, 15) is 4.79 Å². The van der Waals surface area contributed by atoms with Crippen LogP contribution >= 0.6 is 0 Å². The lowest BCUT2D eigenvalue weighted by Crippen LogP contribution is -2.68. The van der Waals surface area contributed by atoms with Crippen molar-refractivity contribution in [3.05, 3.63) is 60.7 Å². The lowest BCUT2D eigenvalue weighted by atomic mass is 10.4. The zero-order valence-corrected chi connectivity index (χ0v) is 14.0. The molecule has 2 aromatic rings. The van der Waals surface area contributed by atoms with Gasteiger partial charge in [-0.3, -0.25) is 4.79 Å². The molecule has 0 fully saturated rings. The van der Waals surface area contributed by atoms with E-state index in [1.54, 1.807) is 6.92 Å². The van der Waals surface area contributed by atoms with E-state index >= 15 is 0 Å². The summed E-state index contributed by atoms with van der Waals surface area (Å²) >= 11 is 0. The molecule has 21 heavy (non-hydrogen) atoms. The summed E-state index contributed by atoms with van der Waals surface area (Å²) in [7, 11) is -2.03. The predicted molar refractivity (Wildman–Crippen MR) is 91.7 cm³/mol. The summed E-state index contributed by atoms with van der Waals surface area (Å²) in [5, 5.41) is 5.91. The van der Waals surface area contributed by atoms with E-state index in [0.717, 1.165) is 6.42 Å². The van der Waals surface area contributed by atoms with Gasteiger partial charge < -0.3 is 5.32 Å². The Morgan fingerprint density at radius 1 is 1.00 bits per heavy atom. The van der Waals surface area contributed by atoms with Gasteiger partial charge in [0.1, 0.15) is 8.07 Å². The highest BCUT2D eigenvalue weighted by Crippen LogP contribution is 2.13. The molecular weight excluding hydrogens is 274 g/mol. The smallest absolute Gasteiger partial charge is 0.216 e. The van der Waals surface area contributed by atoms with E-state index in [2.05, 4.69) is 67.3 Å². The number of benzene rings is 2. The standard InChI is InChI=1S/C18H23NOSi/c1-4-18(19-15(2)20)21(3,16-11-7-5-8-12-16)17-13-9-6-10-14-17/h5-14,18H,4H2,1-3H3,(H,19,20). The van der Waals surface area contributed by atoms with Crippen LogP contribution in [-0.4, -0.2) is 19.6 Å². The molecule has 0 aromatic heterocycles. The molecule has 0 radical (unpaired) electrons. The number of rotatable bonds is 5. The quantitative estimate of drug-likeness (QED) is 0.843. The van der Waals surface area contributed by atoms with Crippen LogP contribution < -0.4 is 15.7 Å². The topological polar surface area (TPSA) is 29.1 Å². The summed E-state index contributed by atoms with van der Waals surface area (Å²) in [5.74, 6) is 0.0486. The lowest BCUT2D eigenvalue weighted by Gasteiger charge is -2.36. The number of carbonyl (C=O) groups excluding carboxylic acids is 1. The Labute approximate surface area is 128 Å². The predicted octanol–water partition coefficient (Wildman–Crippen LogP) is 2.33. The number of nitrogens with one attached hydrogen (secondary N) is 1. The summed E-state index contributed by atoms with van der Waals surface area (Å²) in [5.41, 5.74) is 0.194. The van der Waals surface area contributed by atoms with E-state index in [1.807, 2.05) is 12.1 Å². The molecule has 110 valence electrons. The SMILES string of the molecule is CCC(NC(C)=O)[Si](C)(c1ccccc1)c1ccccc1. The van der Waals surface area contributed by atoms with E-state index in [1.165, 1.54) is 10.4 Å². The first-order valence-electron chi connectivity index (χ1n) is 7.47. The van der Waals surface area contributed by atoms with Gasteiger partial charge in [0.25, 0.3) is 0 Å². The molecule has 0 saturated heterocycles.